The van der Waals surface area contributed by atoms with E-state index in [2.05, 4.69) is 9.88 Å². The van der Waals surface area contributed by atoms with Crippen molar-refractivity contribution in [3.05, 3.63) is 36.3 Å². The van der Waals surface area contributed by atoms with Crippen LogP contribution < -0.4 is 0 Å². The fraction of sp³-hybridized carbons (Fsp3) is 0.556. The summed E-state index contributed by atoms with van der Waals surface area (Å²) in [7, 11) is 0. The summed E-state index contributed by atoms with van der Waals surface area (Å²) >= 11 is 0. The van der Waals surface area contributed by atoms with Crippen LogP contribution in [0.4, 0.5) is 0 Å². The molecule has 0 saturated carbocycles. The lowest BCUT2D eigenvalue weighted by Gasteiger charge is -2.27. The highest BCUT2D eigenvalue weighted by atomic mass is 16.5. The minimum atomic E-state index is 0.0857. The Hall–Kier alpha value is -1.92. The number of nitrogens with zero attached hydrogens (tertiary/aromatic N) is 4. The molecule has 6 nitrogen and oxygen atoms in total. The number of rotatable bonds is 3. The van der Waals surface area contributed by atoms with E-state index < -0.39 is 0 Å². The monoisotopic (exact) mass is 328 g/mol. The third-order valence-electron chi connectivity index (χ3n) is 4.93. The summed E-state index contributed by atoms with van der Waals surface area (Å²) in [5.41, 5.74) is 1.57. The lowest BCUT2D eigenvalue weighted by Crippen LogP contribution is -2.41. The van der Waals surface area contributed by atoms with Gasteiger partial charge in [-0.2, -0.15) is 0 Å². The van der Waals surface area contributed by atoms with Crippen LogP contribution in [0.5, 0.6) is 0 Å². The van der Waals surface area contributed by atoms with Gasteiger partial charge in [-0.1, -0.05) is 0 Å². The molecule has 0 spiro atoms. The fourth-order valence-electron chi connectivity index (χ4n) is 3.67. The standard InChI is InChI=1S/C18H24N4O2/c23-18(15-4-5-17-19-6-10-21(17)12-15)22-9-3-11-24-16(14-22)13-20-7-1-2-8-20/h4-6,10,12,16H,1-3,7-9,11,13-14H2/t16-/m1/s1. The number of hydrogen-bond donors (Lipinski definition) is 0. The molecule has 2 saturated heterocycles. The molecule has 128 valence electrons. The number of carbonyl (C=O) groups is 1. The Morgan fingerprint density at radius 3 is 2.96 bits per heavy atom. The van der Waals surface area contributed by atoms with Crippen LogP contribution in [0.15, 0.2) is 30.7 Å². The third kappa shape index (κ3) is 3.30. The molecule has 2 aliphatic rings. The van der Waals surface area contributed by atoms with Gasteiger partial charge in [-0.15, -0.1) is 0 Å². The third-order valence-corrected chi connectivity index (χ3v) is 4.93. The zero-order valence-corrected chi connectivity index (χ0v) is 13.9. The van der Waals surface area contributed by atoms with Crippen molar-refractivity contribution in [2.24, 2.45) is 0 Å². The molecule has 4 heterocycles. The van der Waals surface area contributed by atoms with Crippen LogP contribution >= 0.6 is 0 Å². The van der Waals surface area contributed by atoms with Crippen LogP contribution in [0.3, 0.4) is 0 Å². The molecule has 1 atom stereocenters. The summed E-state index contributed by atoms with van der Waals surface area (Å²) in [4.78, 5) is 21.6. The molecule has 0 N–H and O–H groups in total. The lowest BCUT2D eigenvalue weighted by molar-refractivity contribution is 0.0297. The Morgan fingerprint density at radius 2 is 2.08 bits per heavy atom. The van der Waals surface area contributed by atoms with Gasteiger partial charge >= 0.3 is 0 Å². The van der Waals surface area contributed by atoms with Gasteiger partial charge in [0.2, 0.25) is 0 Å². The number of amides is 1. The first-order valence-electron chi connectivity index (χ1n) is 8.85. The zero-order chi connectivity index (χ0) is 16.4. The van der Waals surface area contributed by atoms with Crippen LogP contribution in [-0.2, 0) is 4.74 Å². The summed E-state index contributed by atoms with van der Waals surface area (Å²) in [5, 5.41) is 0. The maximum atomic E-state index is 12.9. The molecule has 24 heavy (non-hydrogen) atoms. The normalized spacial score (nSPS) is 22.8. The van der Waals surface area contributed by atoms with Gasteiger partial charge in [-0.25, -0.2) is 4.98 Å². The largest absolute Gasteiger partial charge is 0.375 e. The van der Waals surface area contributed by atoms with Gasteiger partial charge in [-0.05, 0) is 44.5 Å². The summed E-state index contributed by atoms with van der Waals surface area (Å²) in [6.07, 6.45) is 9.05. The highest BCUT2D eigenvalue weighted by Gasteiger charge is 2.26. The highest BCUT2D eigenvalue weighted by molar-refractivity contribution is 5.94. The molecule has 2 aromatic rings. The van der Waals surface area contributed by atoms with Gasteiger partial charge in [-0.3, -0.25) is 4.79 Å². The van der Waals surface area contributed by atoms with Crippen LogP contribution in [0.25, 0.3) is 5.65 Å². The summed E-state index contributed by atoms with van der Waals surface area (Å²) in [6, 6.07) is 3.76. The van der Waals surface area contributed by atoms with Crippen molar-refractivity contribution in [3.63, 3.8) is 0 Å². The Balaban J connectivity index is 1.47. The van der Waals surface area contributed by atoms with E-state index in [0.717, 1.165) is 44.9 Å². The van der Waals surface area contributed by atoms with Crippen LogP contribution in [0.1, 0.15) is 29.6 Å². The van der Waals surface area contributed by atoms with Gasteiger partial charge in [0, 0.05) is 44.8 Å². The Morgan fingerprint density at radius 1 is 1.21 bits per heavy atom. The summed E-state index contributed by atoms with van der Waals surface area (Å²) < 4.78 is 7.88. The molecule has 6 heteroatoms. The summed E-state index contributed by atoms with van der Waals surface area (Å²) in [6.45, 7) is 5.43. The summed E-state index contributed by atoms with van der Waals surface area (Å²) in [5.74, 6) is 0.0857. The van der Waals surface area contributed by atoms with Gasteiger partial charge in [0.25, 0.3) is 5.91 Å². The number of fused-ring (bicyclic) bond motifs is 1. The number of pyridine rings is 1. The molecule has 0 bridgehead atoms. The fourth-order valence-corrected chi connectivity index (χ4v) is 3.67. The molecule has 4 rings (SSSR count). The molecule has 0 aromatic carbocycles. The Bertz CT molecular complexity index is 708. The minimum absolute atomic E-state index is 0.0857. The molecular weight excluding hydrogens is 304 g/mol. The van der Waals surface area contributed by atoms with Crippen molar-refractivity contribution in [3.8, 4) is 0 Å². The van der Waals surface area contributed by atoms with Crippen LogP contribution in [0.2, 0.25) is 0 Å². The second-order valence-electron chi connectivity index (χ2n) is 6.72. The lowest BCUT2D eigenvalue weighted by atomic mass is 10.2. The van der Waals surface area contributed by atoms with Crippen molar-refractivity contribution < 1.29 is 9.53 Å². The van der Waals surface area contributed by atoms with Gasteiger partial charge in [0.05, 0.1) is 11.7 Å². The topological polar surface area (TPSA) is 50.1 Å². The van der Waals surface area contributed by atoms with Crippen molar-refractivity contribution in [1.82, 2.24) is 19.2 Å². The second-order valence-corrected chi connectivity index (χ2v) is 6.72. The second kappa shape index (κ2) is 6.91. The molecular formula is C18H24N4O2. The number of carbonyl (C=O) groups excluding carboxylic acids is 1. The molecule has 0 radical (unpaired) electrons. The molecule has 0 aliphatic carbocycles. The zero-order valence-electron chi connectivity index (χ0n) is 13.9. The molecule has 2 fully saturated rings. The number of aromatic nitrogens is 2. The number of ether oxygens (including phenoxy) is 1. The van der Waals surface area contributed by atoms with E-state index in [9.17, 15) is 4.79 Å². The van der Waals surface area contributed by atoms with Crippen molar-refractivity contribution >= 4 is 11.6 Å². The van der Waals surface area contributed by atoms with Crippen molar-refractivity contribution in [2.75, 3.05) is 39.3 Å². The van der Waals surface area contributed by atoms with E-state index in [0.29, 0.717) is 12.1 Å². The minimum Gasteiger partial charge on any atom is -0.375 e. The van der Waals surface area contributed by atoms with Gasteiger partial charge in [0.1, 0.15) is 5.65 Å². The first-order valence-corrected chi connectivity index (χ1v) is 8.85. The molecule has 2 aliphatic heterocycles. The van der Waals surface area contributed by atoms with E-state index in [1.54, 1.807) is 6.20 Å². The van der Waals surface area contributed by atoms with E-state index >= 15 is 0 Å². The number of likely N-dealkylation sites (tertiary alicyclic amines) is 1. The van der Waals surface area contributed by atoms with Gasteiger partial charge < -0.3 is 18.9 Å². The number of imidazole rings is 1. The Kier molecular flexibility index (Phi) is 4.49. The van der Waals surface area contributed by atoms with Crippen LogP contribution in [0, 0.1) is 0 Å². The predicted octanol–water partition coefficient (Wildman–Crippen LogP) is 1.66. The average molecular weight is 328 g/mol. The van der Waals surface area contributed by atoms with E-state index in [-0.39, 0.29) is 12.0 Å². The molecule has 0 unspecified atom stereocenters. The maximum Gasteiger partial charge on any atom is 0.255 e. The van der Waals surface area contributed by atoms with Crippen molar-refractivity contribution in [2.45, 2.75) is 25.4 Å². The quantitative estimate of drug-likeness (QED) is 0.860. The smallest absolute Gasteiger partial charge is 0.255 e. The average Bonchev–Trinajstić information content (AvgIpc) is 3.22. The van der Waals surface area contributed by atoms with Gasteiger partial charge in [0.15, 0.2) is 0 Å². The predicted molar refractivity (Wildman–Crippen MR) is 91.1 cm³/mol. The first kappa shape index (κ1) is 15.6. The first-order chi connectivity index (χ1) is 11.8. The molecule has 2 aromatic heterocycles. The van der Waals surface area contributed by atoms with E-state index in [4.69, 9.17) is 4.74 Å². The van der Waals surface area contributed by atoms with E-state index in [1.807, 2.05) is 33.8 Å². The van der Waals surface area contributed by atoms with Crippen LogP contribution in [-0.4, -0.2) is 70.5 Å². The molecule has 1 amide bonds. The number of hydrogen-bond acceptors (Lipinski definition) is 4. The Labute approximate surface area is 142 Å². The van der Waals surface area contributed by atoms with Crippen molar-refractivity contribution in [1.29, 1.82) is 0 Å². The highest BCUT2D eigenvalue weighted by Crippen LogP contribution is 2.15. The SMILES string of the molecule is O=C(c1ccc2nccn2c1)N1CCCO[C@H](CN2CCCC2)C1. The van der Waals surface area contributed by atoms with E-state index in [1.165, 1.54) is 12.8 Å². The maximum absolute atomic E-state index is 12.9.